The molecule has 0 radical (unpaired) electrons. The van der Waals surface area contributed by atoms with Crippen LogP contribution < -0.4 is 4.74 Å². The highest BCUT2D eigenvalue weighted by Gasteiger charge is 2.36. The average molecular weight is 260 g/mol. The Kier molecular flexibility index (Phi) is 2.66. The van der Waals surface area contributed by atoms with Crippen LogP contribution in [0.15, 0.2) is 24.5 Å². The maximum atomic E-state index is 11.1. The summed E-state index contributed by atoms with van der Waals surface area (Å²) >= 11 is 0. The topological polar surface area (TPSA) is 83.1 Å². The molecule has 2 heterocycles. The number of nitro groups is 1. The lowest BCUT2D eigenvalue weighted by atomic mass is 10.2. The molecule has 0 bridgehead atoms. The van der Waals surface area contributed by atoms with Crippen molar-refractivity contribution in [3.63, 3.8) is 0 Å². The van der Waals surface area contributed by atoms with Gasteiger partial charge in [-0.25, -0.2) is 9.67 Å². The molecule has 19 heavy (non-hydrogen) atoms. The van der Waals surface area contributed by atoms with E-state index in [0.717, 1.165) is 12.8 Å². The third kappa shape index (κ3) is 1.92. The van der Waals surface area contributed by atoms with Gasteiger partial charge in [0.25, 0.3) is 0 Å². The van der Waals surface area contributed by atoms with Gasteiger partial charge in [-0.2, -0.15) is 5.10 Å². The van der Waals surface area contributed by atoms with E-state index in [4.69, 9.17) is 4.74 Å². The molecular weight excluding hydrogens is 248 g/mol. The summed E-state index contributed by atoms with van der Waals surface area (Å²) in [5.74, 6) is 0.607. The fourth-order valence-corrected chi connectivity index (χ4v) is 2.12. The normalized spacial score (nSPS) is 14.4. The summed E-state index contributed by atoms with van der Waals surface area (Å²) in [6.07, 6.45) is 4.81. The minimum Gasteiger partial charge on any atom is -0.479 e. The van der Waals surface area contributed by atoms with Gasteiger partial charge in [-0.15, -0.1) is 0 Å². The van der Waals surface area contributed by atoms with E-state index in [2.05, 4.69) is 10.1 Å². The predicted octanol–water partition coefficient (Wildman–Crippen LogP) is 2.06. The zero-order valence-electron chi connectivity index (χ0n) is 10.3. The molecule has 98 valence electrons. The van der Waals surface area contributed by atoms with Gasteiger partial charge in [0.15, 0.2) is 0 Å². The van der Waals surface area contributed by atoms with Crippen molar-refractivity contribution in [2.24, 2.45) is 0 Å². The van der Waals surface area contributed by atoms with Gasteiger partial charge in [0.1, 0.15) is 17.6 Å². The second kappa shape index (κ2) is 4.34. The van der Waals surface area contributed by atoms with Crippen LogP contribution in [0.1, 0.15) is 24.5 Å². The number of pyridine rings is 1. The summed E-state index contributed by atoms with van der Waals surface area (Å²) in [7, 11) is 1.51. The highest BCUT2D eigenvalue weighted by atomic mass is 16.6. The van der Waals surface area contributed by atoms with Gasteiger partial charge in [0.05, 0.1) is 12.0 Å². The molecule has 0 aromatic carbocycles. The molecule has 1 saturated carbocycles. The van der Waals surface area contributed by atoms with Crippen molar-refractivity contribution in [2.45, 2.75) is 18.8 Å². The number of hydrogen-bond donors (Lipinski definition) is 0. The molecule has 1 fully saturated rings. The van der Waals surface area contributed by atoms with E-state index in [1.165, 1.54) is 13.3 Å². The predicted molar refractivity (Wildman–Crippen MR) is 66.5 cm³/mol. The van der Waals surface area contributed by atoms with Crippen LogP contribution >= 0.6 is 0 Å². The second-order valence-electron chi connectivity index (χ2n) is 4.39. The smallest absolute Gasteiger partial charge is 0.310 e. The number of methoxy groups -OCH3 is 1. The van der Waals surface area contributed by atoms with Crippen molar-refractivity contribution in [3.8, 4) is 11.6 Å². The van der Waals surface area contributed by atoms with Crippen LogP contribution in [-0.4, -0.2) is 26.8 Å². The van der Waals surface area contributed by atoms with Crippen molar-refractivity contribution >= 4 is 5.69 Å². The molecule has 0 saturated heterocycles. The molecule has 1 aliphatic carbocycles. The van der Waals surface area contributed by atoms with Gasteiger partial charge in [0, 0.05) is 12.1 Å². The molecule has 0 amide bonds. The number of ether oxygens (including phenoxy) is 1. The van der Waals surface area contributed by atoms with Crippen molar-refractivity contribution in [2.75, 3.05) is 7.11 Å². The zero-order valence-corrected chi connectivity index (χ0v) is 10.3. The van der Waals surface area contributed by atoms with Crippen molar-refractivity contribution in [3.05, 3.63) is 40.3 Å². The summed E-state index contributed by atoms with van der Waals surface area (Å²) in [4.78, 5) is 14.8. The van der Waals surface area contributed by atoms with Crippen LogP contribution in [0.5, 0.6) is 5.88 Å². The quantitative estimate of drug-likeness (QED) is 0.620. The molecule has 0 aliphatic heterocycles. The molecular formula is C12H12N4O3. The third-order valence-electron chi connectivity index (χ3n) is 3.12. The summed E-state index contributed by atoms with van der Waals surface area (Å²) in [5, 5.41) is 15.2. The Morgan fingerprint density at radius 1 is 1.53 bits per heavy atom. The Bertz CT molecular complexity index is 634. The van der Waals surface area contributed by atoms with E-state index < -0.39 is 0 Å². The van der Waals surface area contributed by atoms with Gasteiger partial charge in [-0.3, -0.25) is 10.1 Å². The fraction of sp³-hybridized carbons (Fsp3) is 0.333. The molecule has 2 aromatic rings. The monoisotopic (exact) mass is 260 g/mol. The average Bonchev–Trinajstić information content (AvgIpc) is 3.17. The van der Waals surface area contributed by atoms with Crippen LogP contribution in [0, 0.1) is 10.1 Å². The Labute approximate surface area is 109 Å². The largest absolute Gasteiger partial charge is 0.479 e. The van der Waals surface area contributed by atoms with Crippen LogP contribution in [-0.2, 0) is 0 Å². The van der Waals surface area contributed by atoms with E-state index in [-0.39, 0.29) is 16.5 Å². The Balaban J connectivity index is 2.17. The maximum absolute atomic E-state index is 11.1. The van der Waals surface area contributed by atoms with Crippen LogP contribution in [0.2, 0.25) is 0 Å². The fourth-order valence-electron chi connectivity index (χ4n) is 2.12. The molecule has 7 nitrogen and oxygen atoms in total. The Morgan fingerprint density at radius 2 is 2.32 bits per heavy atom. The number of hydrogen-bond acceptors (Lipinski definition) is 5. The summed E-state index contributed by atoms with van der Waals surface area (Å²) in [5.41, 5.74) is 1.32. The lowest BCUT2D eigenvalue weighted by Gasteiger charge is -2.09. The first-order valence-corrected chi connectivity index (χ1v) is 5.94. The molecule has 0 atom stereocenters. The summed E-state index contributed by atoms with van der Waals surface area (Å²) in [6, 6.07) is 3.54. The van der Waals surface area contributed by atoms with Gasteiger partial charge in [-0.1, -0.05) is 0 Å². The van der Waals surface area contributed by atoms with E-state index in [1.807, 2.05) is 0 Å². The lowest BCUT2D eigenvalue weighted by molar-refractivity contribution is -0.385. The molecule has 3 rings (SSSR count). The van der Waals surface area contributed by atoms with E-state index in [9.17, 15) is 10.1 Å². The standard InChI is InChI=1S/C12H12N4O3/c1-19-12-9(3-2-6-13-12)15-11(8-4-5-8)10(7-14-15)16(17)18/h2-3,6-8H,4-5H2,1H3. The lowest BCUT2D eigenvalue weighted by Crippen LogP contribution is -2.05. The van der Waals surface area contributed by atoms with Crippen LogP contribution in [0.25, 0.3) is 5.69 Å². The maximum Gasteiger partial charge on any atom is 0.310 e. The minimum absolute atomic E-state index is 0.0633. The molecule has 1 aliphatic rings. The number of nitrogens with zero attached hydrogens (tertiary/aromatic N) is 4. The second-order valence-corrected chi connectivity index (χ2v) is 4.39. The summed E-state index contributed by atoms with van der Waals surface area (Å²) in [6.45, 7) is 0. The van der Waals surface area contributed by atoms with Gasteiger partial charge in [-0.05, 0) is 25.0 Å². The molecule has 0 unspecified atom stereocenters. The number of aromatic nitrogens is 3. The first-order valence-electron chi connectivity index (χ1n) is 5.94. The van der Waals surface area contributed by atoms with Gasteiger partial charge >= 0.3 is 5.69 Å². The van der Waals surface area contributed by atoms with E-state index in [0.29, 0.717) is 17.3 Å². The van der Waals surface area contributed by atoms with Gasteiger partial charge < -0.3 is 4.74 Å². The van der Waals surface area contributed by atoms with Crippen molar-refractivity contribution < 1.29 is 9.66 Å². The van der Waals surface area contributed by atoms with Gasteiger partial charge in [0.2, 0.25) is 5.88 Å². The Morgan fingerprint density at radius 3 is 2.95 bits per heavy atom. The molecule has 0 N–H and O–H groups in total. The molecule has 0 spiro atoms. The summed E-state index contributed by atoms with van der Waals surface area (Å²) < 4.78 is 6.75. The van der Waals surface area contributed by atoms with E-state index in [1.54, 1.807) is 23.0 Å². The Hall–Kier alpha value is -2.44. The van der Waals surface area contributed by atoms with E-state index >= 15 is 0 Å². The first kappa shape index (κ1) is 11.6. The van der Waals surface area contributed by atoms with Crippen molar-refractivity contribution in [1.29, 1.82) is 0 Å². The number of rotatable bonds is 4. The van der Waals surface area contributed by atoms with Crippen LogP contribution in [0.3, 0.4) is 0 Å². The first-order chi connectivity index (χ1) is 9.22. The third-order valence-corrected chi connectivity index (χ3v) is 3.12. The highest BCUT2D eigenvalue weighted by Crippen LogP contribution is 2.45. The zero-order chi connectivity index (χ0) is 13.4. The van der Waals surface area contributed by atoms with Crippen molar-refractivity contribution in [1.82, 2.24) is 14.8 Å². The molecule has 7 heteroatoms. The highest BCUT2D eigenvalue weighted by molar-refractivity contribution is 5.48. The SMILES string of the molecule is COc1ncccc1-n1ncc([N+](=O)[O-])c1C1CC1. The van der Waals surface area contributed by atoms with Crippen LogP contribution in [0.4, 0.5) is 5.69 Å². The minimum atomic E-state index is -0.389. The molecule has 2 aromatic heterocycles.